The van der Waals surface area contributed by atoms with Gasteiger partial charge in [-0.1, -0.05) is 19.1 Å². The van der Waals surface area contributed by atoms with E-state index in [9.17, 15) is 15.3 Å². The Morgan fingerprint density at radius 2 is 1.97 bits per heavy atom. The van der Waals surface area contributed by atoms with Gasteiger partial charge in [0.05, 0.1) is 6.61 Å². The summed E-state index contributed by atoms with van der Waals surface area (Å²) in [4.78, 5) is 0. The first-order valence-corrected chi connectivity index (χ1v) is 11.5. The van der Waals surface area contributed by atoms with Crippen molar-refractivity contribution in [2.24, 2.45) is 23.2 Å². The predicted octanol–water partition coefficient (Wildman–Crippen LogP) is 3.16. The van der Waals surface area contributed by atoms with Crippen LogP contribution < -0.4 is 4.74 Å². The molecule has 30 heavy (non-hydrogen) atoms. The fourth-order valence-corrected chi connectivity index (χ4v) is 7.08. The second kappa shape index (κ2) is 7.63. The molecule has 5 rings (SSSR count). The Hall–Kier alpha value is -1.40. The highest BCUT2D eigenvalue weighted by Crippen LogP contribution is 2.63. The van der Waals surface area contributed by atoms with Crippen LogP contribution >= 0.6 is 0 Å². The number of allylic oxidation sites excluding steroid dienone is 1. The second-order valence-electron chi connectivity index (χ2n) is 10.1. The third-order valence-corrected chi connectivity index (χ3v) is 8.76. The van der Waals surface area contributed by atoms with Crippen LogP contribution in [-0.2, 0) is 11.2 Å². The summed E-state index contributed by atoms with van der Waals surface area (Å²) in [5.74, 6) is 3.48. The van der Waals surface area contributed by atoms with E-state index < -0.39 is 24.6 Å². The molecule has 1 heterocycles. The van der Waals surface area contributed by atoms with Crippen LogP contribution in [0.15, 0.2) is 30.9 Å². The Balaban J connectivity index is 1.34. The van der Waals surface area contributed by atoms with Crippen molar-refractivity contribution in [1.29, 1.82) is 0 Å². The molecule has 1 saturated heterocycles. The zero-order valence-electron chi connectivity index (χ0n) is 17.7. The third kappa shape index (κ3) is 3.13. The Bertz CT molecular complexity index is 809. The third-order valence-electron chi connectivity index (χ3n) is 8.76. The van der Waals surface area contributed by atoms with E-state index in [1.165, 1.54) is 43.2 Å². The molecule has 5 heteroatoms. The SMILES string of the molecule is C=CC1CCC2C3CCc4cc(OC5OCC(O)C(O)C5O)ccc4C3CCC12C. The highest BCUT2D eigenvalue weighted by molar-refractivity contribution is 5.41. The molecular weight excluding hydrogens is 380 g/mol. The summed E-state index contributed by atoms with van der Waals surface area (Å²) in [6, 6.07) is 6.24. The quantitative estimate of drug-likeness (QED) is 0.662. The van der Waals surface area contributed by atoms with Crippen LogP contribution in [0.1, 0.15) is 56.1 Å². The largest absolute Gasteiger partial charge is 0.462 e. The number of aliphatic hydroxyl groups excluding tert-OH is 3. The van der Waals surface area contributed by atoms with Gasteiger partial charge in [-0.25, -0.2) is 0 Å². The molecule has 164 valence electrons. The molecule has 9 unspecified atom stereocenters. The van der Waals surface area contributed by atoms with E-state index in [1.54, 1.807) is 0 Å². The van der Waals surface area contributed by atoms with Gasteiger partial charge in [0.2, 0.25) is 6.29 Å². The van der Waals surface area contributed by atoms with Crippen molar-refractivity contribution in [3.8, 4) is 5.75 Å². The van der Waals surface area contributed by atoms with Gasteiger partial charge in [-0.2, -0.15) is 0 Å². The molecule has 2 saturated carbocycles. The fraction of sp³-hybridized carbons (Fsp3) is 0.680. The summed E-state index contributed by atoms with van der Waals surface area (Å²) in [5, 5.41) is 29.6. The number of benzene rings is 1. The van der Waals surface area contributed by atoms with Crippen LogP contribution in [0.5, 0.6) is 5.75 Å². The molecule has 3 aliphatic carbocycles. The monoisotopic (exact) mass is 414 g/mol. The molecule has 5 nitrogen and oxygen atoms in total. The Morgan fingerprint density at radius 3 is 2.77 bits per heavy atom. The molecule has 4 aliphatic rings. The number of aryl methyl sites for hydroxylation is 1. The molecule has 1 aromatic rings. The minimum Gasteiger partial charge on any atom is -0.462 e. The van der Waals surface area contributed by atoms with Crippen LogP contribution in [0.25, 0.3) is 0 Å². The van der Waals surface area contributed by atoms with Crippen molar-refractivity contribution in [2.75, 3.05) is 6.61 Å². The van der Waals surface area contributed by atoms with Gasteiger partial charge in [-0.3, -0.25) is 0 Å². The van der Waals surface area contributed by atoms with Crippen LogP contribution in [0.4, 0.5) is 0 Å². The van der Waals surface area contributed by atoms with Crippen molar-refractivity contribution < 1.29 is 24.8 Å². The van der Waals surface area contributed by atoms with E-state index in [2.05, 4.69) is 31.7 Å². The molecule has 0 radical (unpaired) electrons. The van der Waals surface area contributed by atoms with Gasteiger partial charge in [0.25, 0.3) is 0 Å². The number of ether oxygens (including phenoxy) is 2. The number of fused-ring (bicyclic) bond motifs is 5. The van der Waals surface area contributed by atoms with Gasteiger partial charge < -0.3 is 24.8 Å². The lowest BCUT2D eigenvalue weighted by Gasteiger charge is -2.50. The first-order valence-electron chi connectivity index (χ1n) is 11.5. The van der Waals surface area contributed by atoms with Crippen molar-refractivity contribution in [3.05, 3.63) is 42.0 Å². The maximum absolute atomic E-state index is 10.1. The molecule has 0 spiro atoms. The lowest BCUT2D eigenvalue weighted by Crippen LogP contribution is -2.54. The van der Waals surface area contributed by atoms with Gasteiger partial charge in [0, 0.05) is 0 Å². The molecule has 9 atom stereocenters. The summed E-state index contributed by atoms with van der Waals surface area (Å²) in [7, 11) is 0. The van der Waals surface area contributed by atoms with E-state index in [-0.39, 0.29) is 6.61 Å². The highest BCUT2D eigenvalue weighted by atomic mass is 16.7. The van der Waals surface area contributed by atoms with Gasteiger partial charge in [-0.05, 0) is 90.9 Å². The van der Waals surface area contributed by atoms with E-state index in [1.807, 2.05) is 6.07 Å². The molecule has 1 aliphatic heterocycles. The van der Waals surface area contributed by atoms with Crippen LogP contribution in [0, 0.1) is 23.2 Å². The minimum atomic E-state index is -1.27. The summed E-state index contributed by atoms with van der Waals surface area (Å²) in [6.07, 6.45) is 5.02. The van der Waals surface area contributed by atoms with Crippen molar-refractivity contribution in [1.82, 2.24) is 0 Å². The molecule has 3 N–H and O–H groups in total. The van der Waals surface area contributed by atoms with Crippen LogP contribution in [0.2, 0.25) is 0 Å². The molecule has 0 amide bonds. The minimum absolute atomic E-state index is 0.0521. The normalized spacial score (nSPS) is 45.2. The zero-order valence-corrected chi connectivity index (χ0v) is 17.7. The summed E-state index contributed by atoms with van der Waals surface area (Å²) in [5.41, 5.74) is 3.22. The molecule has 3 fully saturated rings. The van der Waals surface area contributed by atoms with Crippen LogP contribution in [-0.4, -0.2) is 46.5 Å². The number of rotatable bonds is 3. The number of aliphatic hydroxyl groups is 3. The summed E-state index contributed by atoms with van der Waals surface area (Å²) >= 11 is 0. The molecule has 1 aromatic carbocycles. The number of hydrogen-bond acceptors (Lipinski definition) is 5. The first kappa shape index (κ1) is 20.5. The highest BCUT2D eigenvalue weighted by Gasteiger charge is 2.53. The average molecular weight is 415 g/mol. The van der Waals surface area contributed by atoms with E-state index in [4.69, 9.17) is 9.47 Å². The number of hydrogen-bond donors (Lipinski definition) is 3. The maximum Gasteiger partial charge on any atom is 0.228 e. The van der Waals surface area contributed by atoms with E-state index >= 15 is 0 Å². The molecule has 0 aromatic heterocycles. The molecular formula is C25H34O5. The maximum atomic E-state index is 10.1. The van der Waals surface area contributed by atoms with E-state index in [0.29, 0.717) is 23.0 Å². The van der Waals surface area contributed by atoms with Gasteiger partial charge >= 0.3 is 0 Å². The van der Waals surface area contributed by atoms with Gasteiger partial charge in [0.15, 0.2) is 0 Å². The average Bonchev–Trinajstić information content (AvgIpc) is 3.10. The van der Waals surface area contributed by atoms with Gasteiger partial charge in [0.1, 0.15) is 24.1 Å². The van der Waals surface area contributed by atoms with Crippen molar-refractivity contribution in [3.63, 3.8) is 0 Å². The van der Waals surface area contributed by atoms with E-state index in [0.717, 1.165) is 18.3 Å². The summed E-state index contributed by atoms with van der Waals surface area (Å²) in [6.45, 7) is 6.57. The lowest BCUT2D eigenvalue weighted by atomic mass is 9.54. The van der Waals surface area contributed by atoms with Crippen LogP contribution in [0.3, 0.4) is 0 Å². The zero-order chi connectivity index (χ0) is 21.0. The van der Waals surface area contributed by atoms with Gasteiger partial charge in [-0.15, -0.1) is 6.58 Å². The topological polar surface area (TPSA) is 79.2 Å². The Kier molecular flexibility index (Phi) is 5.21. The lowest BCUT2D eigenvalue weighted by molar-refractivity contribution is -0.242. The second-order valence-corrected chi connectivity index (χ2v) is 10.1. The standard InChI is InChI=1S/C25H34O5/c1-3-15-5-9-20-19-7-4-14-12-16(30-24-23(28)22(27)21(26)13-29-24)6-8-17(14)18(19)10-11-25(15,20)2/h3,6,8,12,15,18-24,26-28H,1,4-5,7,9-11,13H2,2H3. The summed E-state index contributed by atoms with van der Waals surface area (Å²) < 4.78 is 11.2. The fourth-order valence-electron chi connectivity index (χ4n) is 7.08. The Labute approximate surface area is 178 Å². The molecule has 0 bridgehead atoms. The predicted molar refractivity (Wildman–Crippen MR) is 113 cm³/mol. The van der Waals surface area contributed by atoms with Crippen molar-refractivity contribution in [2.45, 2.75) is 76.0 Å². The first-order chi connectivity index (χ1) is 14.4. The van der Waals surface area contributed by atoms with Crippen molar-refractivity contribution >= 4 is 0 Å². The Morgan fingerprint density at radius 1 is 1.13 bits per heavy atom. The smallest absolute Gasteiger partial charge is 0.228 e.